The summed E-state index contributed by atoms with van der Waals surface area (Å²) in [5, 5.41) is 6.99. The molecule has 1 aromatic carbocycles. The third kappa shape index (κ3) is 3.32. The maximum atomic E-state index is 11.8. The van der Waals surface area contributed by atoms with E-state index in [1.807, 2.05) is 0 Å². The van der Waals surface area contributed by atoms with E-state index in [2.05, 4.69) is 4.72 Å². The van der Waals surface area contributed by atoms with Gasteiger partial charge in [0.2, 0.25) is 10.0 Å². The molecular formula is C10H15N3O2S. The lowest BCUT2D eigenvalue weighted by molar-refractivity contribution is 0.582. The zero-order chi connectivity index (χ0) is 12.2. The van der Waals surface area contributed by atoms with E-state index in [1.54, 1.807) is 31.2 Å². The minimum Gasteiger partial charge on any atom is -0.388 e. The maximum absolute atomic E-state index is 11.8. The van der Waals surface area contributed by atoms with Crippen LogP contribution in [0.2, 0.25) is 0 Å². The molecule has 0 aliphatic heterocycles. The van der Waals surface area contributed by atoms with E-state index in [0.717, 1.165) is 0 Å². The monoisotopic (exact) mass is 241 g/mol. The fourth-order valence-electron chi connectivity index (χ4n) is 1.26. The van der Waals surface area contributed by atoms with Gasteiger partial charge in [-0.25, -0.2) is 13.1 Å². The molecule has 0 bridgehead atoms. The first-order chi connectivity index (χ1) is 7.43. The summed E-state index contributed by atoms with van der Waals surface area (Å²) in [6.45, 7) is 1.88. The average Bonchev–Trinajstić information content (AvgIpc) is 2.17. The Hall–Kier alpha value is -1.40. The van der Waals surface area contributed by atoms with Crippen molar-refractivity contribution in [3.63, 3.8) is 0 Å². The predicted octanol–water partition coefficient (Wildman–Crippen LogP) is 0.599. The van der Waals surface area contributed by atoms with E-state index in [0.29, 0.717) is 5.56 Å². The summed E-state index contributed by atoms with van der Waals surface area (Å²) >= 11 is 0. The van der Waals surface area contributed by atoms with Gasteiger partial charge in [-0.15, -0.1) is 0 Å². The minimum absolute atomic E-state index is 0.0347. The number of hydrogen-bond donors (Lipinski definition) is 3. The zero-order valence-corrected chi connectivity index (χ0v) is 9.84. The lowest BCUT2D eigenvalue weighted by Crippen LogP contribution is -2.28. The van der Waals surface area contributed by atoms with Crippen molar-refractivity contribution in [2.24, 2.45) is 5.73 Å². The van der Waals surface area contributed by atoms with Gasteiger partial charge in [0.05, 0.1) is 10.7 Å². The Balaban J connectivity index is 2.79. The predicted molar refractivity (Wildman–Crippen MR) is 62.9 cm³/mol. The van der Waals surface area contributed by atoms with E-state index >= 15 is 0 Å². The molecule has 4 N–H and O–H groups in total. The second-order valence-corrected chi connectivity index (χ2v) is 5.17. The highest BCUT2D eigenvalue weighted by molar-refractivity contribution is 7.89. The molecule has 0 radical (unpaired) electrons. The van der Waals surface area contributed by atoms with Crippen molar-refractivity contribution in [1.29, 1.82) is 5.41 Å². The van der Waals surface area contributed by atoms with Crippen molar-refractivity contribution in [2.45, 2.75) is 18.2 Å². The molecule has 0 fully saturated rings. The fourth-order valence-corrected chi connectivity index (χ4v) is 2.53. The normalized spacial score (nSPS) is 11.3. The van der Waals surface area contributed by atoms with Crippen LogP contribution in [-0.4, -0.2) is 20.8 Å². The Morgan fingerprint density at radius 2 is 2.06 bits per heavy atom. The molecule has 0 unspecified atom stereocenters. The molecule has 0 saturated heterocycles. The van der Waals surface area contributed by atoms with Crippen LogP contribution in [0.25, 0.3) is 0 Å². The lowest BCUT2D eigenvalue weighted by atomic mass is 10.2. The van der Waals surface area contributed by atoms with Crippen molar-refractivity contribution < 1.29 is 8.42 Å². The molecule has 0 aliphatic carbocycles. The molecule has 0 spiro atoms. The maximum Gasteiger partial charge on any atom is 0.240 e. The van der Waals surface area contributed by atoms with Gasteiger partial charge in [0.25, 0.3) is 0 Å². The Morgan fingerprint density at radius 3 is 2.62 bits per heavy atom. The van der Waals surface area contributed by atoms with Crippen LogP contribution < -0.4 is 10.5 Å². The summed E-state index contributed by atoms with van der Waals surface area (Å²) in [7, 11) is -3.49. The molecule has 0 atom stereocenters. The summed E-state index contributed by atoms with van der Waals surface area (Å²) in [5.41, 5.74) is 5.83. The first-order valence-electron chi connectivity index (χ1n) is 4.81. The van der Waals surface area contributed by atoms with Crippen molar-refractivity contribution >= 4 is 15.9 Å². The van der Waals surface area contributed by atoms with Crippen LogP contribution in [0.15, 0.2) is 29.2 Å². The Kier molecular flexibility index (Phi) is 4.03. The number of benzene rings is 1. The van der Waals surface area contributed by atoms with E-state index in [9.17, 15) is 8.42 Å². The number of sulfonamides is 1. The van der Waals surface area contributed by atoms with Gasteiger partial charge in [-0.2, -0.15) is 0 Å². The lowest BCUT2D eigenvalue weighted by Gasteiger charge is -2.08. The van der Waals surface area contributed by atoms with Gasteiger partial charge < -0.3 is 5.73 Å². The van der Waals surface area contributed by atoms with E-state index in [4.69, 9.17) is 11.1 Å². The van der Waals surface area contributed by atoms with Crippen molar-refractivity contribution in [2.75, 3.05) is 6.54 Å². The van der Waals surface area contributed by atoms with Crippen LogP contribution in [0.1, 0.15) is 12.0 Å². The summed E-state index contributed by atoms with van der Waals surface area (Å²) < 4.78 is 26.0. The quantitative estimate of drug-likeness (QED) is 0.520. The molecule has 5 nitrogen and oxygen atoms in total. The van der Waals surface area contributed by atoms with Gasteiger partial charge in [-0.05, 0) is 18.6 Å². The molecule has 1 rings (SSSR count). The smallest absolute Gasteiger partial charge is 0.240 e. The first kappa shape index (κ1) is 12.7. The average molecular weight is 241 g/mol. The van der Waals surface area contributed by atoms with Gasteiger partial charge >= 0.3 is 0 Å². The molecule has 0 saturated carbocycles. The molecule has 0 heterocycles. The minimum atomic E-state index is -3.49. The second kappa shape index (κ2) is 5.09. The van der Waals surface area contributed by atoms with Gasteiger partial charge in [0, 0.05) is 13.0 Å². The molecule has 0 aromatic heterocycles. The van der Waals surface area contributed by atoms with Crippen molar-refractivity contribution in [3.8, 4) is 0 Å². The summed E-state index contributed by atoms with van der Waals surface area (Å²) in [4.78, 5) is 0.263. The highest BCUT2D eigenvalue weighted by Gasteiger charge is 2.15. The zero-order valence-electron chi connectivity index (χ0n) is 9.03. The third-order valence-electron chi connectivity index (χ3n) is 2.07. The largest absolute Gasteiger partial charge is 0.388 e. The summed E-state index contributed by atoms with van der Waals surface area (Å²) in [6.07, 6.45) is 0.213. The van der Waals surface area contributed by atoms with Crippen molar-refractivity contribution in [3.05, 3.63) is 29.8 Å². The number of aryl methyl sites for hydroxylation is 1. The number of nitrogens with two attached hydrogens (primary N) is 1. The Bertz CT molecular complexity index is 483. The summed E-state index contributed by atoms with van der Waals surface area (Å²) in [5.74, 6) is -0.0347. The van der Waals surface area contributed by atoms with Crippen LogP contribution in [0.5, 0.6) is 0 Å². The highest BCUT2D eigenvalue weighted by Crippen LogP contribution is 2.13. The van der Waals surface area contributed by atoms with Gasteiger partial charge in [-0.3, -0.25) is 5.41 Å². The van der Waals surface area contributed by atoms with Crippen LogP contribution in [0.4, 0.5) is 0 Å². The molecule has 16 heavy (non-hydrogen) atoms. The fraction of sp³-hybridized carbons (Fsp3) is 0.300. The molecule has 1 aromatic rings. The number of rotatable bonds is 5. The summed E-state index contributed by atoms with van der Waals surface area (Å²) in [6, 6.07) is 6.74. The van der Waals surface area contributed by atoms with Gasteiger partial charge in [-0.1, -0.05) is 18.2 Å². The molecule has 88 valence electrons. The third-order valence-corrected chi connectivity index (χ3v) is 3.69. The highest BCUT2D eigenvalue weighted by atomic mass is 32.2. The second-order valence-electron chi connectivity index (χ2n) is 3.44. The first-order valence-corrected chi connectivity index (χ1v) is 6.30. The van der Waals surface area contributed by atoms with Gasteiger partial charge in [0.15, 0.2) is 0 Å². The van der Waals surface area contributed by atoms with Crippen LogP contribution in [0.3, 0.4) is 0 Å². The molecular weight excluding hydrogens is 226 g/mol. The number of nitrogens with one attached hydrogen (secondary N) is 2. The standard InChI is InChI=1S/C10H15N3O2S/c1-8-4-2-3-5-9(8)16(14,15)13-7-6-10(11)12/h2-5,13H,6-7H2,1H3,(H3,11,12). The molecule has 0 amide bonds. The Morgan fingerprint density at radius 1 is 1.44 bits per heavy atom. The number of amidine groups is 1. The van der Waals surface area contributed by atoms with Crippen LogP contribution in [-0.2, 0) is 10.0 Å². The Labute approximate surface area is 95.2 Å². The van der Waals surface area contributed by atoms with Crippen molar-refractivity contribution in [1.82, 2.24) is 4.72 Å². The van der Waals surface area contributed by atoms with Crippen LogP contribution >= 0.6 is 0 Å². The molecule has 0 aliphatic rings. The van der Waals surface area contributed by atoms with E-state index < -0.39 is 10.0 Å². The number of hydrogen-bond acceptors (Lipinski definition) is 3. The van der Waals surface area contributed by atoms with Gasteiger partial charge in [0.1, 0.15) is 0 Å². The van der Waals surface area contributed by atoms with Crippen LogP contribution in [0, 0.1) is 12.3 Å². The van der Waals surface area contributed by atoms with E-state index in [1.165, 1.54) is 0 Å². The topological polar surface area (TPSA) is 96.0 Å². The SMILES string of the molecule is Cc1ccccc1S(=O)(=O)NCCC(=N)N. The van der Waals surface area contributed by atoms with E-state index in [-0.39, 0.29) is 23.7 Å². The molecule has 6 heteroatoms.